The minimum atomic E-state index is -4.37. The van der Waals surface area contributed by atoms with Gasteiger partial charge in [0.1, 0.15) is 11.6 Å². The summed E-state index contributed by atoms with van der Waals surface area (Å²) in [6, 6.07) is 0. The van der Waals surface area contributed by atoms with Crippen molar-refractivity contribution in [3.8, 4) is 0 Å². The lowest BCUT2D eigenvalue weighted by Gasteiger charge is -2.26. The van der Waals surface area contributed by atoms with Crippen LogP contribution in [0, 0.1) is 0 Å². The lowest BCUT2D eigenvalue weighted by atomic mass is 10.2. The Labute approximate surface area is 90.5 Å². The van der Waals surface area contributed by atoms with Gasteiger partial charge in [0, 0.05) is 13.1 Å². The van der Waals surface area contributed by atoms with Crippen molar-refractivity contribution < 1.29 is 22.7 Å². The maximum atomic E-state index is 12.6. The second kappa shape index (κ2) is 3.89. The molecule has 0 bridgehead atoms. The van der Waals surface area contributed by atoms with E-state index in [2.05, 4.69) is 5.32 Å². The minimum absolute atomic E-state index is 0.0393. The molecule has 2 fully saturated rings. The van der Waals surface area contributed by atoms with Crippen LogP contribution in [0.1, 0.15) is 12.8 Å². The van der Waals surface area contributed by atoms with Crippen molar-refractivity contribution in [3.63, 3.8) is 0 Å². The molecule has 2 N–H and O–H groups in total. The zero-order valence-corrected chi connectivity index (χ0v) is 8.56. The average Bonchev–Trinajstić information content (AvgIpc) is 2.99. The Balaban J connectivity index is 1.92. The summed E-state index contributed by atoms with van der Waals surface area (Å²) in [5, 5.41) is 4.94. The summed E-state index contributed by atoms with van der Waals surface area (Å²) in [4.78, 5) is 11.5. The number of rotatable bonds is 2. The molecule has 2 rings (SSSR count). The lowest BCUT2D eigenvalue weighted by molar-refractivity contribution is -0.173. The first-order valence-electron chi connectivity index (χ1n) is 5.16. The number of carbonyl (C=O) groups excluding carboxylic acids is 1. The van der Waals surface area contributed by atoms with E-state index in [4.69, 9.17) is 4.74 Å². The van der Waals surface area contributed by atoms with Gasteiger partial charge in [-0.05, 0) is 12.8 Å². The van der Waals surface area contributed by atoms with Gasteiger partial charge in [-0.2, -0.15) is 13.2 Å². The number of amides is 1. The summed E-state index contributed by atoms with van der Waals surface area (Å²) in [6.07, 6.45) is -5.26. The molecule has 1 saturated carbocycles. The van der Waals surface area contributed by atoms with E-state index in [1.54, 1.807) is 0 Å². The number of hydrogen-bond donors (Lipinski definition) is 2. The third-order valence-electron chi connectivity index (χ3n) is 2.88. The first-order chi connectivity index (χ1) is 7.45. The van der Waals surface area contributed by atoms with Crippen LogP contribution in [0.5, 0.6) is 0 Å². The molecule has 1 heterocycles. The maximum Gasteiger partial charge on any atom is 0.411 e. The normalized spacial score (nSPS) is 28.6. The fourth-order valence-corrected chi connectivity index (χ4v) is 1.65. The molecular formula is C9H13F3N2O2. The Morgan fingerprint density at radius 3 is 2.56 bits per heavy atom. The second-order valence-electron chi connectivity index (χ2n) is 4.13. The van der Waals surface area contributed by atoms with E-state index in [0.29, 0.717) is 13.2 Å². The van der Waals surface area contributed by atoms with E-state index in [1.165, 1.54) is 0 Å². The fraction of sp³-hybridized carbons (Fsp3) is 0.889. The molecule has 0 aromatic carbocycles. The third-order valence-corrected chi connectivity index (χ3v) is 2.88. The highest BCUT2D eigenvalue weighted by Crippen LogP contribution is 2.48. The van der Waals surface area contributed by atoms with Crippen LogP contribution in [-0.2, 0) is 9.53 Å². The summed E-state index contributed by atoms with van der Waals surface area (Å²) in [5.41, 5.74) is -2.00. The summed E-state index contributed by atoms with van der Waals surface area (Å²) < 4.78 is 42.7. The standard InChI is InChI=1S/C9H13F3N2O2/c10-9(11,12)8(1-2-8)14-7(15)6-5-13-3-4-16-6/h6,13H,1-5H2,(H,14,15). The monoisotopic (exact) mass is 238 g/mol. The Bertz CT molecular complexity index is 283. The molecule has 0 aromatic rings. The highest BCUT2D eigenvalue weighted by molar-refractivity contribution is 5.82. The molecule has 1 amide bonds. The van der Waals surface area contributed by atoms with E-state index in [-0.39, 0.29) is 19.4 Å². The Morgan fingerprint density at radius 2 is 2.12 bits per heavy atom. The third kappa shape index (κ3) is 2.15. The molecule has 4 nitrogen and oxygen atoms in total. The molecule has 1 unspecified atom stereocenters. The second-order valence-corrected chi connectivity index (χ2v) is 4.13. The van der Waals surface area contributed by atoms with Gasteiger partial charge in [-0.1, -0.05) is 0 Å². The van der Waals surface area contributed by atoms with Crippen molar-refractivity contribution >= 4 is 5.91 Å². The Hall–Kier alpha value is -0.820. The van der Waals surface area contributed by atoms with Gasteiger partial charge in [-0.3, -0.25) is 4.79 Å². The summed E-state index contributed by atoms with van der Waals surface area (Å²) >= 11 is 0. The Morgan fingerprint density at radius 1 is 1.44 bits per heavy atom. The van der Waals surface area contributed by atoms with Gasteiger partial charge in [-0.15, -0.1) is 0 Å². The quantitative estimate of drug-likeness (QED) is 0.722. The number of carbonyl (C=O) groups is 1. The summed E-state index contributed by atoms with van der Waals surface area (Å²) in [7, 11) is 0. The predicted octanol–water partition coefficient (Wildman–Crippen LogP) is 0.186. The van der Waals surface area contributed by atoms with Crippen LogP contribution in [0.25, 0.3) is 0 Å². The van der Waals surface area contributed by atoms with Gasteiger partial charge in [0.05, 0.1) is 6.61 Å². The van der Waals surface area contributed by atoms with Crippen LogP contribution in [0.15, 0.2) is 0 Å². The Kier molecular flexibility index (Phi) is 2.83. The van der Waals surface area contributed by atoms with E-state index in [1.807, 2.05) is 5.32 Å². The largest absolute Gasteiger partial charge is 0.411 e. The van der Waals surface area contributed by atoms with Crippen LogP contribution >= 0.6 is 0 Å². The number of nitrogens with one attached hydrogen (secondary N) is 2. The smallest absolute Gasteiger partial charge is 0.366 e. The highest BCUT2D eigenvalue weighted by Gasteiger charge is 2.64. The van der Waals surface area contributed by atoms with Crippen molar-refractivity contribution in [2.75, 3.05) is 19.7 Å². The highest BCUT2D eigenvalue weighted by atomic mass is 19.4. The van der Waals surface area contributed by atoms with Crippen LogP contribution < -0.4 is 10.6 Å². The zero-order chi connectivity index (χ0) is 11.8. The molecule has 1 aliphatic heterocycles. The van der Waals surface area contributed by atoms with Crippen molar-refractivity contribution in [2.24, 2.45) is 0 Å². The van der Waals surface area contributed by atoms with Gasteiger partial charge in [0.2, 0.25) is 0 Å². The van der Waals surface area contributed by atoms with Crippen LogP contribution in [-0.4, -0.2) is 43.4 Å². The molecule has 16 heavy (non-hydrogen) atoms. The zero-order valence-electron chi connectivity index (χ0n) is 8.56. The molecule has 2 aliphatic rings. The topological polar surface area (TPSA) is 50.4 Å². The van der Waals surface area contributed by atoms with Gasteiger partial charge in [-0.25, -0.2) is 0 Å². The first-order valence-corrected chi connectivity index (χ1v) is 5.16. The van der Waals surface area contributed by atoms with E-state index in [0.717, 1.165) is 0 Å². The van der Waals surface area contributed by atoms with E-state index >= 15 is 0 Å². The van der Waals surface area contributed by atoms with Gasteiger partial charge < -0.3 is 15.4 Å². The van der Waals surface area contributed by atoms with Crippen molar-refractivity contribution in [2.45, 2.75) is 30.7 Å². The number of ether oxygens (including phenoxy) is 1. The van der Waals surface area contributed by atoms with Gasteiger partial charge >= 0.3 is 6.18 Å². The van der Waals surface area contributed by atoms with E-state index < -0.39 is 23.7 Å². The lowest BCUT2D eigenvalue weighted by Crippen LogP contribution is -2.55. The fourth-order valence-electron chi connectivity index (χ4n) is 1.65. The predicted molar refractivity (Wildman–Crippen MR) is 48.8 cm³/mol. The average molecular weight is 238 g/mol. The van der Waals surface area contributed by atoms with Crippen molar-refractivity contribution in [1.82, 2.24) is 10.6 Å². The minimum Gasteiger partial charge on any atom is -0.366 e. The number of morpholine rings is 1. The molecule has 0 radical (unpaired) electrons. The SMILES string of the molecule is O=C(NC1(C(F)(F)F)CC1)C1CNCCO1. The van der Waals surface area contributed by atoms with E-state index in [9.17, 15) is 18.0 Å². The van der Waals surface area contributed by atoms with Crippen LogP contribution in [0.4, 0.5) is 13.2 Å². The van der Waals surface area contributed by atoms with Crippen molar-refractivity contribution in [3.05, 3.63) is 0 Å². The first kappa shape index (κ1) is 11.7. The van der Waals surface area contributed by atoms with Gasteiger partial charge in [0.25, 0.3) is 5.91 Å². The molecule has 1 aliphatic carbocycles. The summed E-state index contributed by atoms with van der Waals surface area (Å²) in [6.45, 7) is 1.23. The van der Waals surface area contributed by atoms with Crippen LogP contribution in [0.3, 0.4) is 0 Å². The van der Waals surface area contributed by atoms with Crippen molar-refractivity contribution in [1.29, 1.82) is 0 Å². The molecule has 0 aromatic heterocycles. The van der Waals surface area contributed by atoms with Gasteiger partial charge in [0.15, 0.2) is 0 Å². The molecule has 0 spiro atoms. The number of hydrogen-bond acceptors (Lipinski definition) is 3. The molecule has 7 heteroatoms. The number of alkyl halides is 3. The number of halogens is 3. The summed E-state index contributed by atoms with van der Waals surface area (Å²) in [5.74, 6) is -0.679. The molecular weight excluding hydrogens is 225 g/mol. The van der Waals surface area contributed by atoms with Crippen LogP contribution in [0.2, 0.25) is 0 Å². The maximum absolute atomic E-state index is 12.6. The molecule has 1 saturated heterocycles. The molecule has 1 atom stereocenters. The molecule has 92 valence electrons.